The maximum absolute atomic E-state index is 12.5. The molecule has 1 heterocycles. The van der Waals surface area contributed by atoms with Crippen molar-refractivity contribution in [2.24, 2.45) is 0 Å². The Kier molecular flexibility index (Phi) is 3.75. The van der Waals surface area contributed by atoms with E-state index in [2.05, 4.69) is 0 Å². The van der Waals surface area contributed by atoms with Crippen molar-refractivity contribution < 1.29 is 10.0 Å². The summed E-state index contributed by atoms with van der Waals surface area (Å²) in [5.41, 5.74) is -0.649. The van der Waals surface area contributed by atoms with Crippen molar-refractivity contribution in [2.45, 2.75) is 6.54 Å². The SMILES string of the molecule is O=c1c([N+](=O)[O-])c(O)c2ccccc2n1Cc1ccccc1Cl. The Morgan fingerprint density at radius 3 is 2.48 bits per heavy atom. The second-order valence-corrected chi connectivity index (χ2v) is 5.36. The summed E-state index contributed by atoms with van der Waals surface area (Å²) in [5.74, 6) is -0.619. The van der Waals surface area contributed by atoms with Gasteiger partial charge in [-0.05, 0) is 23.8 Å². The quantitative estimate of drug-likeness (QED) is 0.589. The van der Waals surface area contributed by atoms with E-state index in [9.17, 15) is 20.0 Å². The van der Waals surface area contributed by atoms with Crippen LogP contribution in [0.15, 0.2) is 53.3 Å². The summed E-state index contributed by atoms with van der Waals surface area (Å²) >= 11 is 6.11. The minimum absolute atomic E-state index is 0.0696. The van der Waals surface area contributed by atoms with E-state index in [1.807, 2.05) is 0 Å². The second-order valence-electron chi connectivity index (χ2n) is 4.95. The van der Waals surface area contributed by atoms with Gasteiger partial charge in [-0.15, -0.1) is 0 Å². The van der Waals surface area contributed by atoms with Gasteiger partial charge in [0.2, 0.25) is 5.75 Å². The summed E-state index contributed by atoms with van der Waals surface area (Å²) in [5, 5.41) is 21.9. The minimum Gasteiger partial charge on any atom is -0.501 e. The first-order valence-electron chi connectivity index (χ1n) is 6.73. The molecule has 0 saturated heterocycles. The van der Waals surface area contributed by atoms with Crippen molar-refractivity contribution in [1.82, 2.24) is 4.57 Å². The molecule has 23 heavy (non-hydrogen) atoms. The van der Waals surface area contributed by atoms with Crippen LogP contribution in [-0.4, -0.2) is 14.6 Å². The fourth-order valence-corrected chi connectivity index (χ4v) is 2.69. The van der Waals surface area contributed by atoms with Gasteiger partial charge in [0, 0.05) is 10.4 Å². The van der Waals surface area contributed by atoms with E-state index < -0.39 is 21.9 Å². The number of benzene rings is 2. The number of nitrogens with zero attached hydrogens (tertiary/aromatic N) is 2. The number of rotatable bonds is 3. The monoisotopic (exact) mass is 330 g/mol. The highest BCUT2D eigenvalue weighted by atomic mass is 35.5. The van der Waals surface area contributed by atoms with Crippen molar-refractivity contribution in [3.8, 4) is 5.75 Å². The molecule has 0 saturated carbocycles. The first-order valence-corrected chi connectivity index (χ1v) is 7.11. The molecular weight excluding hydrogens is 320 g/mol. The molecule has 3 rings (SSSR count). The van der Waals surface area contributed by atoms with Crippen LogP contribution in [0.25, 0.3) is 10.9 Å². The van der Waals surface area contributed by atoms with Crippen LogP contribution in [0.3, 0.4) is 0 Å². The average Bonchev–Trinajstić information content (AvgIpc) is 2.53. The molecule has 2 aromatic carbocycles. The van der Waals surface area contributed by atoms with E-state index in [0.717, 1.165) is 0 Å². The van der Waals surface area contributed by atoms with Crippen LogP contribution in [0, 0.1) is 10.1 Å². The zero-order valence-corrected chi connectivity index (χ0v) is 12.5. The van der Waals surface area contributed by atoms with Gasteiger partial charge in [-0.1, -0.05) is 41.9 Å². The molecule has 0 atom stereocenters. The van der Waals surface area contributed by atoms with Crippen molar-refractivity contribution in [3.05, 3.63) is 79.6 Å². The van der Waals surface area contributed by atoms with E-state index in [1.54, 1.807) is 42.5 Å². The fourth-order valence-electron chi connectivity index (χ4n) is 2.49. The molecule has 1 N–H and O–H groups in total. The maximum Gasteiger partial charge on any atom is 0.375 e. The lowest BCUT2D eigenvalue weighted by molar-refractivity contribution is -0.387. The van der Waals surface area contributed by atoms with Gasteiger partial charge < -0.3 is 5.11 Å². The summed E-state index contributed by atoms with van der Waals surface area (Å²) in [6.45, 7) is 0.0696. The van der Waals surface area contributed by atoms with Gasteiger partial charge in [-0.25, -0.2) is 0 Å². The highest BCUT2D eigenvalue weighted by Crippen LogP contribution is 2.31. The lowest BCUT2D eigenvalue weighted by atomic mass is 10.1. The predicted molar refractivity (Wildman–Crippen MR) is 87.1 cm³/mol. The normalized spacial score (nSPS) is 10.8. The number of hydrogen-bond donors (Lipinski definition) is 1. The molecule has 0 aliphatic carbocycles. The van der Waals surface area contributed by atoms with E-state index in [4.69, 9.17) is 11.6 Å². The number of nitro groups is 1. The Hall–Kier alpha value is -2.86. The molecule has 0 bridgehead atoms. The first kappa shape index (κ1) is 15.1. The molecule has 0 spiro atoms. The van der Waals surface area contributed by atoms with Gasteiger partial charge in [-0.3, -0.25) is 19.5 Å². The summed E-state index contributed by atoms with van der Waals surface area (Å²) in [6.07, 6.45) is 0. The third-order valence-corrected chi connectivity index (χ3v) is 3.96. The number of para-hydroxylation sites is 1. The van der Waals surface area contributed by atoms with Crippen LogP contribution in [0.5, 0.6) is 5.75 Å². The summed E-state index contributed by atoms with van der Waals surface area (Å²) in [6, 6.07) is 13.4. The molecular formula is C16H11ClN2O4. The Balaban J connectivity index is 2.34. The molecule has 0 fully saturated rings. The smallest absolute Gasteiger partial charge is 0.375 e. The molecule has 0 radical (unpaired) electrons. The van der Waals surface area contributed by atoms with E-state index in [-0.39, 0.29) is 11.9 Å². The number of pyridine rings is 1. The van der Waals surface area contributed by atoms with Crippen molar-refractivity contribution in [3.63, 3.8) is 0 Å². The van der Waals surface area contributed by atoms with Gasteiger partial charge in [-0.2, -0.15) is 0 Å². The van der Waals surface area contributed by atoms with Gasteiger partial charge >= 0.3 is 11.2 Å². The van der Waals surface area contributed by atoms with E-state index in [1.165, 1.54) is 10.6 Å². The molecule has 116 valence electrons. The summed E-state index contributed by atoms with van der Waals surface area (Å²) in [7, 11) is 0. The third kappa shape index (κ3) is 2.53. The Labute approximate surface area is 135 Å². The highest BCUT2D eigenvalue weighted by molar-refractivity contribution is 6.31. The number of halogens is 1. The predicted octanol–water partition coefficient (Wildman–Crippen LogP) is 3.32. The first-order chi connectivity index (χ1) is 11.0. The molecule has 0 aliphatic rings. The van der Waals surface area contributed by atoms with Crippen molar-refractivity contribution in [1.29, 1.82) is 0 Å². The molecule has 0 amide bonds. The van der Waals surface area contributed by atoms with Crippen LogP contribution in [0.4, 0.5) is 5.69 Å². The van der Waals surface area contributed by atoms with Crippen LogP contribution in [-0.2, 0) is 6.54 Å². The Morgan fingerprint density at radius 2 is 1.78 bits per heavy atom. The topological polar surface area (TPSA) is 85.4 Å². The number of aromatic nitrogens is 1. The van der Waals surface area contributed by atoms with Crippen LogP contribution < -0.4 is 5.56 Å². The van der Waals surface area contributed by atoms with Crippen molar-refractivity contribution >= 4 is 28.2 Å². The Bertz CT molecular complexity index is 981. The van der Waals surface area contributed by atoms with Gasteiger partial charge in [0.05, 0.1) is 17.0 Å². The van der Waals surface area contributed by atoms with Crippen LogP contribution in [0.2, 0.25) is 5.02 Å². The fraction of sp³-hybridized carbons (Fsp3) is 0.0625. The molecule has 7 heteroatoms. The number of aromatic hydroxyl groups is 1. The average molecular weight is 331 g/mol. The third-order valence-electron chi connectivity index (χ3n) is 3.59. The molecule has 1 aromatic heterocycles. The maximum atomic E-state index is 12.5. The van der Waals surface area contributed by atoms with E-state index >= 15 is 0 Å². The number of hydrogen-bond acceptors (Lipinski definition) is 4. The standard InChI is InChI=1S/C16H11ClN2O4/c17-12-7-3-1-5-10(12)9-18-13-8-4-2-6-11(13)15(20)14(16(18)21)19(22)23/h1-8,20H,9H2. The molecule has 3 aromatic rings. The zero-order valence-electron chi connectivity index (χ0n) is 11.8. The molecule has 0 unspecified atom stereocenters. The lowest BCUT2D eigenvalue weighted by Gasteiger charge is -2.12. The van der Waals surface area contributed by atoms with Crippen molar-refractivity contribution in [2.75, 3.05) is 0 Å². The van der Waals surface area contributed by atoms with Crippen LogP contribution in [0.1, 0.15) is 5.56 Å². The molecule has 0 aliphatic heterocycles. The molecule has 6 nitrogen and oxygen atoms in total. The van der Waals surface area contributed by atoms with Gasteiger partial charge in [0.15, 0.2) is 0 Å². The Morgan fingerprint density at radius 1 is 1.13 bits per heavy atom. The van der Waals surface area contributed by atoms with Gasteiger partial charge in [0.25, 0.3) is 0 Å². The van der Waals surface area contributed by atoms with E-state index in [0.29, 0.717) is 16.1 Å². The van der Waals surface area contributed by atoms with Gasteiger partial charge in [0.1, 0.15) is 0 Å². The number of fused-ring (bicyclic) bond motifs is 1. The largest absolute Gasteiger partial charge is 0.501 e. The minimum atomic E-state index is -0.869. The highest BCUT2D eigenvalue weighted by Gasteiger charge is 2.25. The zero-order chi connectivity index (χ0) is 16.6. The second kappa shape index (κ2) is 5.73. The van der Waals surface area contributed by atoms with Crippen LogP contribution >= 0.6 is 11.6 Å². The lowest BCUT2D eigenvalue weighted by Crippen LogP contribution is -2.24. The summed E-state index contributed by atoms with van der Waals surface area (Å²) in [4.78, 5) is 22.8. The summed E-state index contributed by atoms with van der Waals surface area (Å²) < 4.78 is 1.24.